The maximum absolute atomic E-state index is 11.8. The first kappa shape index (κ1) is 12.6. The van der Waals surface area contributed by atoms with Crippen LogP contribution in [0.25, 0.3) is 0 Å². The van der Waals surface area contributed by atoms with E-state index in [1.807, 2.05) is 0 Å². The van der Waals surface area contributed by atoms with E-state index < -0.39 is 12.1 Å². The van der Waals surface area contributed by atoms with Crippen LogP contribution in [0, 0.1) is 6.92 Å². The molecule has 6 nitrogen and oxygen atoms in total. The predicted molar refractivity (Wildman–Crippen MR) is 61.3 cm³/mol. The number of aliphatic carboxylic acids is 1. The summed E-state index contributed by atoms with van der Waals surface area (Å²) < 4.78 is 10.3. The topological polar surface area (TPSA) is 88.8 Å². The molecule has 98 valence electrons. The maximum atomic E-state index is 11.8. The lowest BCUT2D eigenvalue weighted by molar-refractivity contribution is -0.149. The zero-order chi connectivity index (χ0) is 13.1. The molecular weight excluding hydrogens is 238 g/mol. The maximum Gasteiger partial charge on any atom is 0.332 e. The lowest BCUT2D eigenvalue weighted by atomic mass is 10.2. The van der Waals surface area contributed by atoms with Crippen LogP contribution in [0.4, 0.5) is 0 Å². The number of carbonyl (C=O) groups excluding carboxylic acids is 1. The number of amides is 1. The first-order valence-electron chi connectivity index (χ1n) is 5.78. The Kier molecular flexibility index (Phi) is 3.66. The van der Waals surface area contributed by atoms with Crippen molar-refractivity contribution in [1.82, 2.24) is 5.32 Å². The SMILES string of the molecule is Cc1occc1C(=O)NCC1CCC(C(=O)O)O1. The predicted octanol–water partition coefficient (Wildman–Crippen LogP) is 0.950. The molecule has 0 saturated carbocycles. The van der Waals surface area contributed by atoms with Crippen LogP contribution in [0.1, 0.15) is 29.0 Å². The van der Waals surface area contributed by atoms with Gasteiger partial charge in [0.15, 0.2) is 6.10 Å². The molecule has 1 saturated heterocycles. The minimum atomic E-state index is -0.950. The number of nitrogens with one attached hydrogen (secondary N) is 1. The number of rotatable bonds is 4. The molecule has 2 rings (SSSR count). The molecule has 2 N–H and O–H groups in total. The molecule has 2 heterocycles. The first-order chi connectivity index (χ1) is 8.58. The Hall–Kier alpha value is -1.82. The normalized spacial score (nSPS) is 22.9. The van der Waals surface area contributed by atoms with Gasteiger partial charge in [-0.25, -0.2) is 4.79 Å². The fourth-order valence-corrected chi connectivity index (χ4v) is 1.96. The Bertz CT molecular complexity index is 453. The van der Waals surface area contributed by atoms with E-state index in [0.29, 0.717) is 30.7 Å². The van der Waals surface area contributed by atoms with Crippen LogP contribution in [0.3, 0.4) is 0 Å². The molecule has 6 heteroatoms. The molecule has 0 spiro atoms. The second-order valence-corrected chi connectivity index (χ2v) is 4.26. The van der Waals surface area contributed by atoms with Crippen LogP contribution in [0.15, 0.2) is 16.7 Å². The largest absolute Gasteiger partial charge is 0.479 e. The fraction of sp³-hybridized carbons (Fsp3) is 0.500. The van der Waals surface area contributed by atoms with Crippen LogP contribution in [0.5, 0.6) is 0 Å². The molecule has 0 aromatic carbocycles. The van der Waals surface area contributed by atoms with Gasteiger partial charge < -0.3 is 19.6 Å². The molecule has 1 aliphatic rings. The Morgan fingerprint density at radius 1 is 1.50 bits per heavy atom. The Balaban J connectivity index is 1.81. The van der Waals surface area contributed by atoms with E-state index in [2.05, 4.69) is 5.32 Å². The smallest absolute Gasteiger partial charge is 0.332 e. The van der Waals surface area contributed by atoms with Crippen molar-refractivity contribution >= 4 is 11.9 Å². The van der Waals surface area contributed by atoms with Gasteiger partial charge in [-0.15, -0.1) is 0 Å². The van der Waals surface area contributed by atoms with E-state index in [0.717, 1.165) is 0 Å². The highest BCUT2D eigenvalue weighted by molar-refractivity contribution is 5.95. The number of hydrogen-bond acceptors (Lipinski definition) is 4. The van der Waals surface area contributed by atoms with E-state index >= 15 is 0 Å². The quantitative estimate of drug-likeness (QED) is 0.834. The zero-order valence-corrected chi connectivity index (χ0v) is 10.0. The summed E-state index contributed by atoms with van der Waals surface area (Å²) in [6.07, 6.45) is 1.60. The lowest BCUT2D eigenvalue weighted by Crippen LogP contribution is -2.33. The van der Waals surface area contributed by atoms with Crippen molar-refractivity contribution in [3.63, 3.8) is 0 Å². The van der Waals surface area contributed by atoms with Gasteiger partial charge in [0.1, 0.15) is 5.76 Å². The average molecular weight is 253 g/mol. The van der Waals surface area contributed by atoms with Gasteiger partial charge in [0, 0.05) is 6.54 Å². The van der Waals surface area contributed by atoms with Gasteiger partial charge in [0.2, 0.25) is 0 Å². The number of ether oxygens (including phenoxy) is 1. The number of hydrogen-bond donors (Lipinski definition) is 2. The number of carboxylic acids is 1. The molecule has 1 aromatic rings. The van der Waals surface area contributed by atoms with E-state index in [9.17, 15) is 9.59 Å². The van der Waals surface area contributed by atoms with Crippen LogP contribution in [0.2, 0.25) is 0 Å². The van der Waals surface area contributed by atoms with Crippen molar-refractivity contribution in [2.45, 2.75) is 32.0 Å². The summed E-state index contributed by atoms with van der Waals surface area (Å²) in [6, 6.07) is 1.60. The van der Waals surface area contributed by atoms with Gasteiger partial charge in [-0.2, -0.15) is 0 Å². The van der Waals surface area contributed by atoms with Crippen LogP contribution in [-0.4, -0.2) is 35.7 Å². The van der Waals surface area contributed by atoms with E-state index in [1.54, 1.807) is 13.0 Å². The van der Waals surface area contributed by atoms with Gasteiger partial charge >= 0.3 is 5.97 Å². The lowest BCUT2D eigenvalue weighted by Gasteiger charge is -2.11. The summed E-state index contributed by atoms with van der Waals surface area (Å²) in [5, 5.41) is 11.5. The van der Waals surface area contributed by atoms with E-state index in [4.69, 9.17) is 14.3 Å². The summed E-state index contributed by atoms with van der Waals surface area (Å²) in [7, 11) is 0. The average Bonchev–Trinajstić information content (AvgIpc) is 2.94. The molecule has 2 atom stereocenters. The third-order valence-corrected chi connectivity index (χ3v) is 2.98. The number of carbonyl (C=O) groups is 2. The van der Waals surface area contributed by atoms with Gasteiger partial charge in [0.25, 0.3) is 5.91 Å². The molecule has 1 fully saturated rings. The fourth-order valence-electron chi connectivity index (χ4n) is 1.96. The molecule has 1 aliphatic heterocycles. The summed E-state index contributed by atoms with van der Waals surface area (Å²) in [4.78, 5) is 22.4. The summed E-state index contributed by atoms with van der Waals surface area (Å²) in [5.41, 5.74) is 0.489. The van der Waals surface area contributed by atoms with Gasteiger partial charge in [-0.3, -0.25) is 4.79 Å². The van der Waals surface area contributed by atoms with E-state index in [-0.39, 0.29) is 12.0 Å². The van der Waals surface area contributed by atoms with Crippen LogP contribution in [-0.2, 0) is 9.53 Å². The minimum absolute atomic E-state index is 0.233. The standard InChI is InChI=1S/C12H15NO5/c1-7-9(4-5-17-7)11(14)13-6-8-2-3-10(18-8)12(15)16/h4-5,8,10H,2-3,6H2,1H3,(H,13,14)(H,15,16). The Morgan fingerprint density at radius 3 is 2.83 bits per heavy atom. The molecule has 0 aliphatic carbocycles. The van der Waals surface area contributed by atoms with Crippen molar-refractivity contribution in [3.8, 4) is 0 Å². The summed E-state index contributed by atoms with van der Waals surface area (Å²) in [6.45, 7) is 2.02. The second kappa shape index (κ2) is 5.22. The van der Waals surface area contributed by atoms with E-state index in [1.165, 1.54) is 6.26 Å². The molecule has 0 radical (unpaired) electrons. The van der Waals surface area contributed by atoms with Gasteiger partial charge in [-0.1, -0.05) is 0 Å². The number of aryl methyl sites for hydroxylation is 1. The molecular formula is C12H15NO5. The van der Waals surface area contributed by atoms with Crippen LogP contribution >= 0.6 is 0 Å². The second-order valence-electron chi connectivity index (χ2n) is 4.26. The first-order valence-corrected chi connectivity index (χ1v) is 5.78. The zero-order valence-electron chi connectivity index (χ0n) is 10.0. The highest BCUT2D eigenvalue weighted by Crippen LogP contribution is 2.19. The van der Waals surface area contributed by atoms with Crippen molar-refractivity contribution in [3.05, 3.63) is 23.7 Å². The molecule has 1 aromatic heterocycles. The Morgan fingerprint density at radius 2 is 2.28 bits per heavy atom. The molecule has 1 amide bonds. The molecule has 0 bridgehead atoms. The molecule has 2 unspecified atom stereocenters. The van der Waals surface area contributed by atoms with Gasteiger partial charge in [-0.05, 0) is 25.8 Å². The Labute approximate surface area is 104 Å². The third-order valence-electron chi connectivity index (χ3n) is 2.98. The summed E-state index contributed by atoms with van der Waals surface area (Å²) in [5.74, 6) is -0.624. The van der Waals surface area contributed by atoms with Crippen molar-refractivity contribution in [2.75, 3.05) is 6.54 Å². The minimum Gasteiger partial charge on any atom is -0.479 e. The third kappa shape index (κ3) is 2.70. The summed E-state index contributed by atoms with van der Waals surface area (Å²) >= 11 is 0. The van der Waals surface area contributed by atoms with Crippen molar-refractivity contribution < 1.29 is 23.8 Å². The van der Waals surface area contributed by atoms with Crippen molar-refractivity contribution in [2.24, 2.45) is 0 Å². The highest BCUT2D eigenvalue weighted by atomic mass is 16.5. The number of carboxylic acid groups (broad SMARTS) is 1. The number of furan rings is 1. The van der Waals surface area contributed by atoms with Crippen LogP contribution < -0.4 is 5.32 Å². The molecule has 18 heavy (non-hydrogen) atoms. The van der Waals surface area contributed by atoms with Crippen molar-refractivity contribution in [1.29, 1.82) is 0 Å². The van der Waals surface area contributed by atoms with Gasteiger partial charge in [0.05, 0.1) is 17.9 Å². The monoisotopic (exact) mass is 253 g/mol. The highest BCUT2D eigenvalue weighted by Gasteiger charge is 2.30.